The summed E-state index contributed by atoms with van der Waals surface area (Å²) in [5.41, 5.74) is 1.27. The molecule has 0 amide bonds. The Kier molecular flexibility index (Phi) is 4.56. The van der Waals surface area contributed by atoms with E-state index in [1.54, 1.807) is 0 Å². The van der Waals surface area contributed by atoms with Crippen molar-refractivity contribution in [2.45, 2.75) is 50.2 Å². The maximum absolute atomic E-state index is 11.2. The second-order valence-corrected chi connectivity index (χ2v) is 7.31. The molecule has 1 aliphatic rings. The fourth-order valence-electron chi connectivity index (χ4n) is 3.07. The van der Waals surface area contributed by atoms with Gasteiger partial charge >= 0.3 is 5.97 Å². The van der Waals surface area contributed by atoms with Gasteiger partial charge in [-0.1, -0.05) is 19.9 Å². The third-order valence-corrected chi connectivity index (χ3v) is 5.12. The molecular weight excluding hydrogens is 256 g/mol. The summed E-state index contributed by atoms with van der Waals surface area (Å²) in [5, 5.41) is 9.80. The first-order valence-corrected chi connectivity index (χ1v) is 7.84. The van der Waals surface area contributed by atoms with E-state index in [9.17, 15) is 9.90 Å². The Bertz CT molecular complexity index is 460. The van der Waals surface area contributed by atoms with Crippen LogP contribution in [0.2, 0.25) is 0 Å². The van der Waals surface area contributed by atoms with E-state index in [0.29, 0.717) is 10.8 Å². The average Bonchev–Trinajstić information content (AvgIpc) is 2.30. The lowest BCUT2D eigenvalue weighted by atomic mass is 9.83. The summed E-state index contributed by atoms with van der Waals surface area (Å²) in [5.74, 6) is 0.738. The highest BCUT2D eigenvalue weighted by Gasteiger charge is 2.24. The zero-order chi connectivity index (χ0) is 14.0. The normalized spacial score (nSPS) is 27.2. The van der Waals surface area contributed by atoms with Crippen LogP contribution in [-0.4, -0.2) is 16.3 Å². The summed E-state index contributed by atoms with van der Waals surface area (Å²) in [6.45, 7) is 6.49. The Morgan fingerprint density at radius 3 is 2.42 bits per heavy atom. The second kappa shape index (κ2) is 6.00. The quantitative estimate of drug-likeness (QED) is 0.877. The molecular formula is C16H22O2S. The van der Waals surface area contributed by atoms with Crippen molar-refractivity contribution in [2.75, 3.05) is 0 Å². The van der Waals surface area contributed by atoms with Crippen molar-refractivity contribution < 1.29 is 9.90 Å². The van der Waals surface area contributed by atoms with Crippen LogP contribution in [0.25, 0.3) is 0 Å². The Morgan fingerprint density at radius 1 is 1.21 bits per heavy atom. The van der Waals surface area contributed by atoms with Gasteiger partial charge in [-0.15, -0.1) is 11.8 Å². The summed E-state index contributed by atoms with van der Waals surface area (Å²) in [7, 11) is 0. The van der Waals surface area contributed by atoms with E-state index < -0.39 is 5.97 Å². The first-order valence-electron chi connectivity index (χ1n) is 6.96. The van der Waals surface area contributed by atoms with Crippen LogP contribution < -0.4 is 0 Å². The fourth-order valence-corrected chi connectivity index (χ4v) is 4.63. The Balaban J connectivity index is 2.10. The molecule has 2 rings (SSSR count). The van der Waals surface area contributed by atoms with E-state index in [1.807, 2.05) is 30.8 Å². The standard InChI is InChI=1S/C16H22O2S/c1-10-6-11(2)8-14(7-10)19-13-5-4-12(3)15(9-13)16(17)18/h4-5,9-11,14H,6-8H2,1-3H3,(H,17,18). The third-order valence-electron chi connectivity index (χ3n) is 3.88. The van der Waals surface area contributed by atoms with Crippen LogP contribution in [0.1, 0.15) is 49.0 Å². The summed E-state index contributed by atoms with van der Waals surface area (Å²) in [6.07, 6.45) is 3.81. The van der Waals surface area contributed by atoms with E-state index in [4.69, 9.17) is 0 Å². The number of aromatic carboxylic acids is 1. The van der Waals surface area contributed by atoms with Gasteiger partial charge in [-0.2, -0.15) is 0 Å². The number of carboxylic acids is 1. The Hall–Kier alpha value is -0.960. The molecule has 2 nitrogen and oxygen atoms in total. The minimum atomic E-state index is -0.828. The van der Waals surface area contributed by atoms with Crippen molar-refractivity contribution in [3.63, 3.8) is 0 Å². The molecule has 2 unspecified atom stereocenters. The lowest BCUT2D eigenvalue weighted by Crippen LogP contribution is -2.21. The van der Waals surface area contributed by atoms with Crippen LogP contribution in [0.4, 0.5) is 0 Å². The fraction of sp³-hybridized carbons (Fsp3) is 0.562. The Labute approximate surface area is 119 Å². The van der Waals surface area contributed by atoms with Crippen LogP contribution in [-0.2, 0) is 0 Å². The minimum Gasteiger partial charge on any atom is -0.478 e. The predicted octanol–water partition coefficient (Wildman–Crippen LogP) is 4.61. The molecule has 1 aromatic rings. The van der Waals surface area contributed by atoms with Gasteiger partial charge in [0, 0.05) is 10.1 Å². The maximum atomic E-state index is 11.2. The zero-order valence-electron chi connectivity index (χ0n) is 11.8. The molecule has 3 heteroatoms. The smallest absolute Gasteiger partial charge is 0.335 e. The summed E-state index contributed by atoms with van der Waals surface area (Å²) in [4.78, 5) is 12.3. The number of benzene rings is 1. The van der Waals surface area contributed by atoms with E-state index >= 15 is 0 Å². The van der Waals surface area contributed by atoms with Crippen molar-refractivity contribution in [1.29, 1.82) is 0 Å². The van der Waals surface area contributed by atoms with Crippen LogP contribution in [0.15, 0.2) is 23.1 Å². The van der Waals surface area contributed by atoms with Crippen molar-refractivity contribution in [2.24, 2.45) is 11.8 Å². The van der Waals surface area contributed by atoms with Crippen molar-refractivity contribution in [1.82, 2.24) is 0 Å². The molecule has 0 aromatic heterocycles. The number of rotatable bonds is 3. The average molecular weight is 278 g/mol. The molecule has 1 aliphatic carbocycles. The highest BCUT2D eigenvalue weighted by molar-refractivity contribution is 8.00. The molecule has 0 spiro atoms. The van der Waals surface area contributed by atoms with Crippen molar-refractivity contribution in [3.05, 3.63) is 29.3 Å². The molecule has 104 valence electrons. The minimum absolute atomic E-state index is 0.432. The van der Waals surface area contributed by atoms with Crippen LogP contribution in [0.3, 0.4) is 0 Å². The van der Waals surface area contributed by atoms with Crippen molar-refractivity contribution in [3.8, 4) is 0 Å². The van der Waals surface area contributed by atoms with Gasteiger partial charge in [0.25, 0.3) is 0 Å². The van der Waals surface area contributed by atoms with Gasteiger partial charge in [0.15, 0.2) is 0 Å². The summed E-state index contributed by atoms with van der Waals surface area (Å²) in [6, 6.07) is 5.80. The van der Waals surface area contributed by atoms with E-state index in [1.165, 1.54) is 19.3 Å². The molecule has 1 N–H and O–H groups in total. The van der Waals surface area contributed by atoms with Gasteiger partial charge in [0.1, 0.15) is 0 Å². The zero-order valence-corrected chi connectivity index (χ0v) is 12.7. The lowest BCUT2D eigenvalue weighted by Gasteiger charge is -2.31. The molecule has 19 heavy (non-hydrogen) atoms. The topological polar surface area (TPSA) is 37.3 Å². The molecule has 1 aromatic carbocycles. The molecule has 0 bridgehead atoms. The van der Waals surface area contributed by atoms with Crippen LogP contribution in [0, 0.1) is 18.8 Å². The van der Waals surface area contributed by atoms with Gasteiger partial charge in [-0.05, 0) is 55.7 Å². The highest BCUT2D eigenvalue weighted by Crippen LogP contribution is 2.39. The predicted molar refractivity (Wildman–Crippen MR) is 80.0 cm³/mol. The summed E-state index contributed by atoms with van der Waals surface area (Å²) < 4.78 is 0. The van der Waals surface area contributed by atoms with E-state index in [0.717, 1.165) is 22.3 Å². The first kappa shape index (κ1) is 14.4. The van der Waals surface area contributed by atoms with E-state index in [2.05, 4.69) is 19.9 Å². The highest BCUT2D eigenvalue weighted by atomic mass is 32.2. The summed E-state index contributed by atoms with van der Waals surface area (Å²) >= 11 is 1.85. The number of thioether (sulfide) groups is 1. The maximum Gasteiger partial charge on any atom is 0.335 e. The van der Waals surface area contributed by atoms with E-state index in [-0.39, 0.29) is 0 Å². The monoisotopic (exact) mass is 278 g/mol. The Morgan fingerprint density at radius 2 is 1.84 bits per heavy atom. The molecule has 0 radical (unpaired) electrons. The SMILES string of the molecule is Cc1ccc(SC2CC(C)CC(C)C2)cc1C(=O)O. The van der Waals surface area contributed by atoms with Crippen LogP contribution >= 0.6 is 11.8 Å². The molecule has 0 saturated heterocycles. The van der Waals surface area contributed by atoms with Gasteiger partial charge in [0.2, 0.25) is 0 Å². The number of hydrogen-bond donors (Lipinski definition) is 1. The molecule has 0 aliphatic heterocycles. The number of aryl methyl sites for hydroxylation is 1. The van der Waals surface area contributed by atoms with Crippen molar-refractivity contribution >= 4 is 17.7 Å². The first-order chi connectivity index (χ1) is 8.95. The van der Waals surface area contributed by atoms with Crippen LogP contribution in [0.5, 0.6) is 0 Å². The van der Waals surface area contributed by atoms with Gasteiger partial charge in [0.05, 0.1) is 5.56 Å². The lowest BCUT2D eigenvalue weighted by molar-refractivity contribution is 0.0696. The second-order valence-electron chi connectivity index (χ2n) is 5.94. The number of hydrogen-bond acceptors (Lipinski definition) is 2. The molecule has 0 heterocycles. The van der Waals surface area contributed by atoms with Gasteiger partial charge < -0.3 is 5.11 Å². The number of carboxylic acid groups (broad SMARTS) is 1. The van der Waals surface area contributed by atoms with Gasteiger partial charge in [-0.25, -0.2) is 4.79 Å². The molecule has 2 atom stereocenters. The third kappa shape index (κ3) is 3.75. The molecule has 1 saturated carbocycles. The van der Waals surface area contributed by atoms with Gasteiger partial charge in [-0.3, -0.25) is 0 Å². The molecule has 1 fully saturated rings. The largest absolute Gasteiger partial charge is 0.478 e. The number of carbonyl (C=O) groups is 1.